The summed E-state index contributed by atoms with van der Waals surface area (Å²) in [5.41, 5.74) is 1.79. The zero-order valence-electron chi connectivity index (χ0n) is 11.2. The van der Waals surface area contributed by atoms with Gasteiger partial charge >= 0.3 is 0 Å². The molecule has 98 valence electrons. The molecular weight excluding hydrogens is 220 g/mol. The first-order valence-corrected chi connectivity index (χ1v) is 7.43. The minimum atomic E-state index is 0.393. The zero-order chi connectivity index (χ0) is 12.3. The quantitative estimate of drug-likeness (QED) is 0.816. The van der Waals surface area contributed by atoms with E-state index in [-0.39, 0.29) is 0 Å². The number of para-hydroxylation sites is 1. The number of hydrogen-bond donors (Lipinski definition) is 1. The minimum absolute atomic E-state index is 0.393. The average Bonchev–Trinajstić information content (AvgIpc) is 2.64. The summed E-state index contributed by atoms with van der Waals surface area (Å²) in [6.45, 7) is 3.57. The van der Waals surface area contributed by atoms with Crippen LogP contribution in [0.3, 0.4) is 0 Å². The van der Waals surface area contributed by atoms with E-state index in [1.807, 2.05) is 0 Å². The molecule has 0 aromatic heterocycles. The second-order valence-electron chi connectivity index (χ2n) is 5.88. The lowest BCUT2D eigenvalue weighted by atomic mass is 9.81. The van der Waals surface area contributed by atoms with E-state index in [4.69, 9.17) is 0 Å². The number of rotatable bonds is 1. The Morgan fingerprint density at radius 1 is 0.944 bits per heavy atom. The first kappa shape index (κ1) is 12.0. The van der Waals surface area contributed by atoms with Crippen molar-refractivity contribution in [1.82, 2.24) is 5.32 Å². The van der Waals surface area contributed by atoms with Crippen molar-refractivity contribution in [2.45, 2.75) is 44.1 Å². The van der Waals surface area contributed by atoms with Crippen LogP contribution in [0.25, 0.3) is 0 Å². The highest BCUT2D eigenvalue weighted by Crippen LogP contribution is 2.31. The molecule has 1 spiro atoms. The standard InChI is InChI=1S/C16H24N2/c1-3-8-15(9-4-1)18-13-7-12-17-16(14-18)10-5-2-6-11-16/h1,3-4,8-9,17H,2,5-7,10-14H2. The normalized spacial score (nSPS) is 23.9. The molecule has 0 bridgehead atoms. The molecule has 1 saturated carbocycles. The maximum Gasteiger partial charge on any atom is 0.0366 e. The molecule has 2 fully saturated rings. The third kappa shape index (κ3) is 2.54. The second-order valence-corrected chi connectivity index (χ2v) is 5.88. The van der Waals surface area contributed by atoms with Gasteiger partial charge in [0.05, 0.1) is 0 Å². The van der Waals surface area contributed by atoms with Crippen molar-refractivity contribution in [3.63, 3.8) is 0 Å². The van der Waals surface area contributed by atoms with Gasteiger partial charge in [0.15, 0.2) is 0 Å². The van der Waals surface area contributed by atoms with Crippen LogP contribution in [0.1, 0.15) is 38.5 Å². The van der Waals surface area contributed by atoms with E-state index in [0.717, 1.165) is 0 Å². The summed E-state index contributed by atoms with van der Waals surface area (Å²) >= 11 is 0. The van der Waals surface area contributed by atoms with Gasteiger partial charge in [-0.1, -0.05) is 37.5 Å². The highest BCUT2D eigenvalue weighted by Gasteiger charge is 2.34. The summed E-state index contributed by atoms with van der Waals surface area (Å²) in [4.78, 5) is 2.59. The molecule has 0 radical (unpaired) electrons. The van der Waals surface area contributed by atoms with Gasteiger partial charge in [0.1, 0.15) is 0 Å². The highest BCUT2D eigenvalue weighted by atomic mass is 15.2. The van der Waals surface area contributed by atoms with E-state index >= 15 is 0 Å². The second kappa shape index (κ2) is 5.31. The molecule has 0 amide bonds. The molecule has 1 N–H and O–H groups in total. The van der Waals surface area contributed by atoms with Crippen molar-refractivity contribution in [2.24, 2.45) is 0 Å². The first-order chi connectivity index (χ1) is 8.88. The molecule has 0 unspecified atom stereocenters. The van der Waals surface area contributed by atoms with Crippen LogP contribution in [0.5, 0.6) is 0 Å². The van der Waals surface area contributed by atoms with Gasteiger partial charge in [-0.05, 0) is 37.9 Å². The topological polar surface area (TPSA) is 15.3 Å². The van der Waals surface area contributed by atoms with Crippen LogP contribution in [-0.4, -0.2) is 25.2 Å². The number of hydrogen-bond acceptors (Lipinski definition) is 2. The molecule has 18 heavy (non-hydrogen) atoms. The Balaban J connectivity index is 1.78. The Bertz CT molecular complexity index is 368. The lowest BCUT2D eigenvalue weighted by molar-refractivity contribution is 0.246. The van der Waals surface area contributed by atoms with Crippen molar-refractivity contribution in [3.05, 3.63) is 30.3 Å². The van der Waals surface area contributed by atoms with E-state index in [0.29, 0.717) is 5.54 Å². The molecule has 1 aromatic carbocycles. The fourth-order valence-corrected chi connectivity index (χ4v) is 3.55. The smallest absolute Gasteiger partial charge is 0.0366 e. The van der Waals surface area contributed by atoms with Crippen LogP contribution < -0.4 is 10.2 Å². The molecule has 1 aliphatic heterocycles. The van der Waals surface area contributed by atoms with Crippen molar-refractivity contribution in [3.8, 4) is 0 Å². The number of nitrogens with one attached hydrogen (secondary N) is 1. The molecule has 2 heteroatoms. The highest BCUT2D eigenvalue weighted by molar-refractivity contribution is 5.46. The molecular formula is C16H24N2. The van der Waals surface area contributed by atoms with Crippen molar-refractivity contribution in [1.29, 1.82) is 0 Å². The van der Waals surface area contributed by atoms with Crippen LogP contribution in [0, 0.1) is 0 Å². The van der Waals surface area contributed by atoms with Gasteiger partial charge in [0, 0.05) is 24.3 Å². The first-order valence-electron chi connectivity index (χ1n) is 7.43. The Kier molecular flexibility index (Phi) is 3.55. The Hall–Kier alpha value is -1.02. The van der Waals surface area contributed by atoms with Gasteiger partial charge in [-0.2, -0.15) is 0 Å². The molecule has 3 rings (SSSR count). The lowest BCUT2D eigenvalue weighted by Crippen LogP contribution is -2.52. The predicted molar refractivity (Wildman–Crippen MR) is 77.1 cm³/mol. The van der Waals surface area contributed by atoms with E-state index in [1.165, 1.54) is 63.8 Å². The van der Waals surface area contributed by atoms with Crippen molar-refractivity contribution in [2.75, 3.05) is 24.5 Å². The van der Waals surface area contributed by atoms with Gasteiger partial charge in [-0.15, -0.1) is 0 Å². The van der Waals surface area contributed by atoms with E-state index in [9.17, 15) is 0 Å². The SMILES string of the molecule is c1ccc(N2CCCNC3(CCCCC3)C2)cc1. The maximum absolute atomic E-state index is 3.86. The van der Waals surface area contributed by atoms with Crippen LogP contribution >= 0.6 is 0 Å². The predicted octanol–water partition coefficient (Wildman–Crippen LogP) is 3.19. The zero-order valence-corrected chi connectivity index (χ0v) is 11.2. The Morgan fingerprint density at radius 2 is 1.72 bits per heavy atom. The average molecular weight is 244 g/mol. The fourth-order valence-electron chi connectivity index (χ4n) is 3.55. The Morgan fingerprint density at radius 3 is 2.50 bits per heavy atom. The van der Waals surface area contributed by atoms with Gasteiger partial charge in [0.2, 0.25) is 0 Å². The molecule has 1 aliphatic carbocycles. The number of benzene rings is 1. The summed E-state index contributed by atoms with van der Waals surface area (Å²) in [6, 6.07) is 10.9. The number of nitrogens with zero attached hydrogens (tertiary/aromatic N) is 1. The largest absolute Gasteiger partial charge is 0.370 e. The fraction of sp³-hybridized carbons (Fsp3) is 0.625. The van der Waals surface area contributed by atoms with Gasteiger partial charge in [-0.25, -0.2) is 0 Å². The van der Waals surface area contributed by atoms with Crippen molar-refractivity contribution >= 4 is 5.69 Å². The van der Waals surface area contributed by atoms with Gasteiger partial charge < -0.3 is 10.2 Å². The molecule has 1 saturated heterocycles. The minimum Gasteiger partial charge on any atom is -0.370 e. The van der Waals surface area contributed by atoms with Gasteiger partial charge in [0.25, 0.3) is 0 Å². The third-order valence-electron chi connectivity index (χ3n) is 4.53. The van der Waals surface area contributed by atoms with E-state index in [1.54, 1.807) is 0 Å². The maximum atomic E-state index is 3.86. The Labute approximate surface area is 110 Å². The summed E-state index contributed by atoms with van der Waals surface area (Å²) in [7, 11) is 0. The summed E-state index contributed by atoms with van der Waals surface area (Å²) < 4.78 is 0. The lowest BCUT2D eigenvalue weighted by Gasteiger charge is -2.40. The summed E-state index contributed by atoms with van der Waals surface area (Å²) in [5, 5.41) is 3.86. The van der Waals surface area contributed by atoms with Crippen LogP contribution in [0.2, 0.25) is 0 Å². The summed E-state index contributed by atoms with van der Waals surface area (Å²) in [5.74, 6) is 0. The number of anilines is 1. The van der Waals surface area contributed by atoms with E-state index < -0.39 is 0 Å². The molecule has 0 atom stereocenters. The monoisotopic (exact) mass is 244 g/mol. The van der Waals surface area contributed by atoms with Crippen LogP contribution in [0.15, 0.2) is 30.3 Å². The molecule has 1 heterocycles. The summed E-state index contributed by atoms with van der Waals surface area (Å²) in [6.07, 6.45) is 8.20. The van der Waals surface area contributed by atoms with Crippen LogP contribution in [-0.2, 0) is 0 Å². The molecule has 2 aliphatic rings. The van der Waals surface area contributed by atoms with Gasteiger partial charge in [-0.3, -0.25) is 0 Å². The molecule has 2 nitrogen and oxygen atoms in total. The van der Waals surface area contributed by atoms with E-state index in [2.05, 4.69) is 40.5 Å². The van der Waals surface area contributed by atoms with Crippen molar-refractivity contribution < 1.29 is 0 Å². The van der Waals surface area contributed by atoms with Crippen LogP contribution in [0.4, 0.5) is 5.69 Å². The molecule has 1 aromatic rings. The third-order valence-corrected chi connectivity index (χ3v) is 4.53.